The second-order valence-corrected chi connectivity index (χ2v) is 5.48. The Bertz CT molecular complexity index is 757. The molecule has 1 aliphatic rings. The highest BCUT2D eigenvalue weighted by molar-refractivity contribution is 5.83. The van der Waals surface area contributed by atoms with Gasteiger partial charge in [-0.2, -0.15) is 5.10 Å². The van der Waals surface area contributed by atoms with E-state index in [1.165, 1.54) is 5.56 Å². The minimum absolute atomic E-state index is 0.0933. The number of benzene rings is 2. The molecule has 3 rings (SSSR count). The Labute approximate surface area is 146 Å². The number of hydrogen-bond acceptors (Lipinski definition) is 5. The van der Waals surface area contributed by atoms with Gasteiger partial charge in [0, 0.05) is 0 Å². The van der Waals surface area contributed by atoms with Crippen LogP contribution in [0.5, 0.6) is 17.2 Å². The fraction of sp³-hybridized carbons (Fsp3) is 0.263. The number of ether oxygens (including phenoxy) is 3. The molecule has 2 aromatic rings. The van der Waals surface area contributed by atoms with E-state index >= 15 is 0 Å². The van der Waals surface area contributed by atoms with Crippen LogP contribution in [0.1, 0.15) is 18.1 Å². The summed E-state index contributed by atoms with van der Waals surface area (Å²) >= 11 is 0. The van der Waals surface area contributed by atoms with Crippen LogP contribution in [-0.4, -0.2) is 31.9 Å². The average Bonchev–Trinajstić information content (AvgIpc) is 2.66. The van der Waals surface area contributed by atoms with Gasteiger partial charge in [-0.3, -0.25) is 4.79 Å². The monoisotopic (exact) mass is 340 g/mol. The Morgan fingerprint density at radius 2 is 1.92 bits per heavy atom. The van der Waals surface area contributed by atoms with Gasteiger partial charge in [0.05, 0.1) is 6.21 Å². The number of nitrogens with zero attached hydrogens (tertiary/aromatic N) is 1. The van der Waals surface area contributed by atoms with Crippen molar-refractivity contribution in [1.82, 2.24) is 5.43 Å². The summed E-state index contributed by atoms with van der Waals surface area (Å²) < 4.78 is 16.4. The number of carbonyl (C=O) groups excluding carboxylic acids is 1. The Balaban J connectivity index is 1.47. The van der Waals surface area contributed by atoms with Crippen molar-refractivity contribution in [2.75, 3.05) is 19.8 Å². The molecule has 0 atom stereocenters. The van der Waals surface area contributed by atoms with Gasteiger partial charge < -0.3 is 14.2 Å². The van der Waals surface area contributed by atoms with Crippen molar-refractivity contribution in [3.8, 4) is 17.2 Å². The topological polar surface area (TPSA) is 69.2 Å². The Morgan fingerprint density at radius 3 is 2.68 bits per heavy atom. The number of hydrogen-bond donors (Lipinski definition) is 1. The molecule has 0 radical (unpaired) electrons. The molecular weight excluding hydrogens is 320 g/mol. The van der Waals surface area contributed by atoms with Crippen molar-refractivity contribution in [1.29, 1.82) is 0 Å². The van der Waals surface area contributed by atoms with E-state index in [4.69, 9.17) is 14.2 Å². The zero-order valence-corrected chi connectivity index (χ0v) is 14.0. The summed E-state index contributed by atoms with van der Waals surface area (Å²) in [5, 5.41) is 3.93. The molecule has 0 saturated carbocycles. The first-order valence-corrected chi connectivity index (χ1v) is 8.18. The first-order chi connectivity index (χ1) is 12.2. The predicted octanol–water partition coefficient (Wildman–Crippen LogP) is 2.55. The lowest BCUT2D eigenvalue weighted by Crippen LogP contribution is -2.24. The summed E-state index contributed by atoms with van der Waals surface area (Å²) in [7, 11) is 0. The van der Waals surface area contributed by atoms with Gasteiger partial charge >= 0.3 is 0 Å². The minimum atomic E-state index is -0.326. The largest absolute Gasteiger partial charge is 0.486 e. The van der Waals surface area contributed by atoms with E-state index in [1.807, 2.05) is 42.5 Å². The van der Waals surface area contributed by atoms with E-state index in [-0.39, 0.29) is 12.5 Å². The molecule has 1 N–H and O–H groups in total. The van der Waals surface area contributed by atoms with Crippen molar-refractivity contribution in [2.24, 2.45) is 5.10 Å². The SMILES string of the molecule is CCc1ccc(OCC(=O)N/N=C\c2ccc3c(c2)OCCO3)cc1. The van der Waals surface area contributed by atoms with Gasteiger partial charge in [-0.25, -0.2) is 5.43 Å². The van der Waals surface area contributed by atoms with Gasteiger partial charge in [0.1, 0.15) is 19.0 Å². The number of hydrazone groups is 1. The van der Waals surface area contributed by atoms with E-state index in [0.29, 0.717) is 24.7 Å². The number of rotatable bonds is 6. The summed E-state index contributed by atoms with van der Waals surface area (Å²) in [6.45, 7) is 3.07. The molecule has 0 spiro atoms. The Morgan fingerprint density at radius 1 is 1.16 bits per heavy atom. The molecule has 0 bridgehead atoms. The smallest absolute Gasteiger partial charge is 0.277 e. The Hall–Kier alpha value is -3.02. The first kappa shape index (κ1) is 16.8. The molecule has 0 fully saturated rings. The summed E-state index contributed by atoms with van der Waals surface area (Å²) in [5.41, 5.74) is 4.47. The van der Waals surface area contributed by atoms with E-state index in [2.05, 4.69) is 17.5 Å². The van der Waals surface area contributed by atoms with Crippen molar-refractivity contribution in [3.63, 3.8) is 0 Å². The summed E-state index contributed by atoms with van der Waals surface area (Å²) in [6.07, 6.45) is 2.52. The maximum Gasteiger partial charge on any atom is 0.277 e. The van der Waals surface area contributed by atoms with E-state index < -0.39 is 0 Å². The average molecular weight is 340 g/mol. The fourth-order valence-electron chi connectivity index (χ4n) is 2.32. The van der Waals surface area contributed by atoms with Gasteiger partial charge in [0.25, 0.3) is 5.91 Å². The molecule has 1 amide bonds. The molecule has 6 nitrogen and oxygen atoms in total. The molecule has 0 unspecified atom stereocenters. The number of aryl methyl sites for hydroxylation is 1. The zero-order chi connectivity index (χ0) is 17.5. The summed E-state index contributed by atoms with van der Waals surface area (Å²) in [6, 6.07) is 13.1. The number of carbonyl (C=O) groups is 1. The van der Waals surface area contributed by atoms with Gasteiger partial charge in [-0.05, 0) is 47.9 Å². The van der Waals surface area contributed by atoms with Gasteiger partial charge in [-0.1, -0.05) is 19.1 Å². The van der Waals surface area contributed by atoms with Gasteiger partial charge in [0.2, 0.25) is 0 Å². The molecule has 6 heteroatoms. The lowest BCUT2D eigenvalue weighted by Gasteiger charge is -2.18. The van der Waals surface area contributed by atoms with Gasteiger partial charge in [0.15, 0.2) is 18.1 Å². The molecule has 25 heavy (non-hydrogen) atoms. The maximum atomic E-state index is 11.8. The summed E-state index contributed by atoms with van der Waals surface area (Å²) in [5.74, 6) is 1.73. The molecule has 0 aromatic heterocycles. The normalized spacial score (nSPS) is 12.8. The van der Waals surface area contributed by atoms with Crippen LogP contribution in [0.15, 0.2) is 47.6 Å². The van der Waals surface area contributed by atoms with Crippen LogP contribution in [-0.2, 0) is 11.2 Å². The second kappa shape index (κ2) is 8.19. The van der Waals surface area contributed by atoms with E-state index in [1.54, 1.807) is 6.21 Å². The zero-order valence-electron chi connectivity index (χ0n) is 14.0. The molecule has 1 aliphatic heterocycles. The first-order valence-electron chi connectivity index (χ1n) is 8.18. The van der Waals surface area contributed by atoms with Crippen LogP contribution in [0.25, 0.3) is 0 Å². The van der Waals surface area contributed by atoms with Crippen LogP contribution < -0.4 is 19.6 Å². The number of fused-ring (bicyclic) bond motifs is 1. The van der Waals surface area contributed by atoms with Crippen molar-refractivity contribution < 1.29 is 19.0 Å². The fourth-order valence-corrected chi connectivity index (χ4v) is 2.32. The lowest BCUT2D eigenvalue weighted by molar-refractivity contribution is -0.123. The highest BCUT2D eigenvalue weighted by Gasteiger charge is 2.10. The van der Waals surface area contributed by atoms with Crippen LogP contribution in [0.4, 0.5) is 0 Å². The molecule has 1 heterocycles. The van der Waals surface area contributed by atoms with Crippen molar-refractivity contribution in [2.45, 2.75) is 13.3 Å². The lowest BCUT2D eigenvalue weighted by atomic mass is 10.2. The molecule has 130 valence electrons. The van der Waals surface area contributed by atoms with Crippen molar-refractivity contribution in [3.05, 3.63) is 53.6 Å². The minimum Gasteiger partial charge on any atom is -0.486 e. The highest BCUT2D eigenvalue weighted by atomic mass is 16.6. The third-order valence-corrected chi connectivity index (χ3v) is 3.67. The number of amides is 1. The van der Waals surface area contributed by atoms with Crippen LogP contribution in [0, 0.1) is 0 Å². The quantitative estimate of drug-likeness (QED) is 0.648. The standard InChI is InChI=1S/C19H20N2O4/c1-2-14-3-6-16(7-4-14)25-13-19(22)21-20-12-15-5-8-17-18(11-15)24-10-9-23-17/h3-8,11-12H,2,9-10,13H2,1H3,(H,21,22)/b20-12-. The van der Waals surface area contributed by atoms with Crippen LogP contribution in [0.3, 0.4) is 0 Å². The molecule has 0 aliphatic carbocycles. The Kier molecular flexibility index (Phi) is 5.51. The second-order valence-electron chi connectivity index (χ2n) is 5.48. The highest BCUT2D eigenvalue weighted by Crippen LogP contribution is 2.30. The predicted molar refractivity (Wildman–Crippen MR) is 94.5 cm³/mol. The number of nitrogens with one attached hydrogen (secondary N) is 1. The third-order valence-electron chi connectivity index (χ3n) is 3.67. The third kappa shape index (κ3) is 4.73. The maximum absolute atomic E-state index is 11.8. The van der Waals surface area contributed by atoms with Crippen LogP contribution in [0.2, 0.25) is 0 Å². The van der Waals surface area contributed by atoms with E-state index in [9.17, 15) is 4.79 Å². The van der Waals surface area contributed by atoms with Crippen LogP contribution >= 0.6 is 0 Å². The molecule has 2 aromatic carbocycles. The summed E-state index contributed by atoms with van der Waals surface area (Å²) in [4.78, 5) is 11.8. The molecule has 0 saturated heterocycles. The molecular formula is C19H20N2O4. The van der Waals surface area contributed by atoms with E-state index in [0.717, 1.165) is 17.7 Å². The van der Waals surface area contributed by atoms with Gasteiger partial charge in [-0.15, -0.1) is 0 Å². The van der Waals surface area contributed by atoms with Crippen molar-refractivity contribution >= 4 is 12.1 Å².